The van der Waals surface area contributed by atoms with E-state index in [2.05, 4.69) is 20.2 Å². The van der Waals surface area contributed by atoms with Gasteiger partial charge in [-0.2, -0.15) is 0 Å². The monoisotopic (exact) mass is 426 g/mol. The number of amides is 1. The number of hydrogen-bond donors (Lipinski definition) is 1. The van der Waals surface area contributed by atoms with Crippen LogP contribution in [-0.2, 0) is 14.3 Å². The summed E-state index contributed by atoms with van der Waals surface area (Å²) in [4.78, 5) is 23.4. The molecule has 2 aromatic rings. The lowest BCUT2D eigenvalue weighted by Crippen LogP contribution is -2.40. The lowest BCUT2D eigenvalue weighted by atomic mass is 9.81. The van der Waals surface area contributed by atoms with Crippen molar-refractivity contribution in [2.75, 3.05) is 36.5 Å². The highest BCUT2D eigenvalue weighted by Gasteiger charge is 2.35. The number of benzene rings is 1. The zero-order valence-corrected chi connectivity index (χ0v) is 18.3. The molecule has 1 saturated carbocycles. The first-order valence-corrected chi connectivity index (χ1v) is 10.9. The maximum atomic E-state index is 12.4. The van der Waals surface area contributed by atoms with Gasteiger partial charge in [0.15, 0.2) is 5.75 Å². The van der Waals surface area contributed by atoms with Crippen molar-refractivity contribution >= 4 is 17.5 Å². The van der Waals surface area contributed by atoms with Gasteiger partial charge in [-0.15, -0.1) is 0 Å². The molecule has 1 saturated heterocycles. The minimum absolute atomic E-state index is 0.0158. The summed E-state index contributed by atoms with van der Waals surface area (Å²) in [5, 5.41) is 3.00. The van der Waals surface area contributed by atoms with Gasteiger partial charge in [0.2, 0.25) is 11.9 Å². The molecule has 0 radical (unpaired) electrons. The van der Waals surface area contributed by atoms with E-state index >= 15 is 0 Å². The Hall–Kier alpha value is -2.71. The number of aromatic nitrogens is 2. The molecule has 2 fully saturated rings. The van der Waals surface area contributed by atoms with E-state index in [-0.39, 0.29) is 24.0 Å². The van der Waals surface area contributed by atoms with Crippen molar-refractivity contribution in [1.29, 1.82) is 0 Å². The molecule has 0 unspecified atom stereocenters. The van der Waals surface area contributed by atoms with E-state index in [1.165, 1.54) is 0 Å². The number of morpholine rings is 1. The van der Waals surface area contributed by atoms with Gasteiger partial charge in [0, 0.05) is 24.7 Å². The number of nitrogens with zero attached hydrogens (tertiary/aromatic N) is 3. The molecule has 2 heterocycles. The first-order chi connectivity index (χ1) is 15.0. The van der Waals surface area contributed by atoms with Crippen molar-refractivity contribution in [2.24, 2.45) is 5.92 Å². The van der Waals surface area contributed by atoms with Crippen molar-refractivity contribution < 1.29 is 19.0 Å². The van der Waals surface area contributed by atoms with Gasteiger partial charge in [0.25, 0.3) is 0 Å². The van der Waals surface area contributed by atoms with Gasteiger partial charge in [-0.1, -0.05) is 0 Å². The minimum atomic E-state index is 0.0158. The highest BCUT2D eigenvalue weighted by molar-refractivity contribution is 5.93. The number of rotatable bonds is 7. The van der Waals surface area contributed by atoms with Crippen LogP contribution in [0.25, 0.3) is 0 Å². The molecule has 1 N–H and O–H groups in total. The van der Waals surface area contributed by atoms with Gasteiger partial charge in [-0.25, -0.2) is 9.97 Å². The SMILES string of the molecule is Cc1cc(NC(=O)C2CC(OC(C)C)C2)ccc1Oc1cnc(N2CCOCC2)nc1. The average molecular weight is 427 g/mol. The van der Waals surface area contributed by atoms with Crippen LogP contribution in [0.1, 0.15) is 32.3 Å². The summed E-state index contributed by atoms with van der Waals surface area (Å²) in [5.74, 6) is 2.02. The highest BCUT2D eigenvalue weighted by atomic mass is 16.5. The number of ether oxygens (including phenoxy) is 3. The second kappa shape index (κ2) is 9.62. The Kier molecular flexibility index (Phi) is 6.67. The molecule has 0 bridgehead atoms. The molecule has 2 aliphatic rings. The lowest BCUT2D eigenvalue weighted by molar-refractivity contribution is -0.131. The van der Waals surface area contributed by atoms with Gasteiger partial charge in [0.05, 0.1) is 37.8 Å². The van der Waals surface area contributed by atoms with Crippen LogP contribution >= 0.6 is 0 Å². The predicted molar refractivity (Wildman–Crippen MR) is 118 cm³/mol. The molecule has 166 valence electrons. The number of anilines is 2. The van der Waals surface area contributed by atoms with E-state index in [1.807, 2.05) is 39.0 Å². The Balaban J connectivity index is 1.31. The molecular weight excluding hydrogens is 396 g/mol. The molecule has 0 spiro atoms. The van der Waals surface area contributed by atoms with E-state index in [4.69, 9.17) is 14.2 Å². The van der Waals surface area contributed by atoms with Crippen LogP contribution in [0.2, 0.25) is 0 Å². The van der Waals surface area contributed by atoms with Crippen molar-refractivity contribution in [2.45, 2.75) is 45.8 Å². The number of carbonyl (C=O) groups excluding carboxylic acids is 1. The summed E-state index contributed by atoms with van der Waals surface area (Å²) in [6.07, 6.45) is 5.32. The predicted octanol–water partition coefficient (Wildman–Crippen LogP) is 3.56. The quantitative estimate of drug-likeness (QED) is 0.724. The summed E-state index contributed by atoms with van der Waals surface area (Å²) >= 11 is 0. The third kappa shape index (κ3) is 5.51. The fourth-order valence-corrected chi connectivity index (χ4v) is 3.78. The molecule has 4 rings (SSSR count). The first-order valence-electron chi connectivity index (χ1n) is 10.9. The summed E-state index contributed by atoms with van der Waals surface area (Å²) in [6.45, 7) is 8.95. The van der Waals surface area contributed by atoms with Crippen LogP contribution < -0.4 is 15.0 Å². The molecule has 1 aromatic carbocycles. The van der Waals surface area contributed by atoms with E-state index in [1.54, 1.807) is 12.4 Å². The van der Waals surface area contributed by atoms with Crippen LogP contribution in [-0.4, -0.2) is 54.4 Å². The van der Waals surface area contributed by atoms with Crippen LogP contribution in [0.3, 0.4) is 0 Å². The van der Waals surface area contributed by atoms with Crippen molar-refractivity contribution in [3.63, 3.8) is 0 Å². The maximum Gasteiger partial charge on any atom is 0.227 e. The summed E-state index contributed by atoms with van der Waals surface area (Å²) < 4.78 is 17.0. The Labute approximate surface area is 182 Å². The molecule has 31 heavy (non-hydrogen) atoms. The van der Waals surface area contributed by atoms with E-state index in [0.717, 1.165) is 37.2 Å². The van der Waals surface area contributed by atoms with Crippen LogP contribution in [0, 0.1) is 12.8 Å². The molecule has 1 amide bonds. The molecule has 0 atom stereocenters. The minimum Gasteiger partial charge on any atom is -0.454 e. The Bertz CT molecular complexity index is 891. The molecule has 8 nitrogen and oxygen atoms in total. The number of aryl methyl sites for hydroxylation is 1. The van der Waals surface area contributed by atoms with Crippen molar-refractivity contribution in [3.05, 3.63) is 36.2 Å². The molecule has 1 aliphatic carbocycles. The Morgan fingerprint density at radius 3 is 2.55 bits per heavy atom. The summed E-state index contributed by atoms with van der Waals surface area (Å²) in [7, 11) is 0. The first kappa shape index (κ1) is 21.5. The molecule has 1 aromatic heterocycles. The van der Waals surface area contributed by atoms with Gasteiger partial charge < -0.3 is 24.4 Å². The van der Waals surface area contributed by atoms with E-state index in [9.17, 15) is 4.79 Å². The normalized spacial score (nSPS) is 21.0. The largest absolute Gasteiger partial charge is 0.454 e. The number of carbonyl (C=O) groups is 1. The molecule has 1 aliphatic heterocycles. The molecular formula is C23H30N4O4. The van der Waals surface area contributed by atoms with Crippen molar-refractivity contribution in [3.8, 4) is 11.5 Å². The standard InChI is InChI=1S/C23H30N4O4/c1-15(2)30-19-11-17(12-19)22(28)26-18-4-5-21(16(3)10-18)31-20-13-24-23(25-14-20)27-6-8-29-9-7-27/h4-5,10,13-15,17,19H,6-9,11-12H2,1-3H3,(H,26,28). The van der Waals surface area contributed by atoms with E-state index < -0.39 is 0 Å². The van der Waals surface area contributed by atoms with Gasteiger partial charge in [0.1, 0.15) is 5.75 Å². The highest BCUT2D eigenvalue weighted by Crippen LogP contribution is 2.33. The Morgan fingerprint density at radius 2 is 1.90 bits per heavy atom. The second-order valence-electron chi connectivity index (χ2n) is 8.36. The topological polar surface area (TPSA) is 85.8 Å². The number of hydrogen-bond acceptors (Lipinski definition) is 7. The smallest absolute Gasteiger partial charge is 0.227 e. The van der Waals surface area contributed by atoms with Crippen LogP contribution in [0.15, 0.2) is 30.6 Å². The third-order valence-electron chi connectivity index (χ3n) is 5.51. The zero-order chi connectivity index (χ0) is 21.8. The van der Waals surface area contributed by atoms with Crippen molar-refractivity contribution in [1.82, 2.24) is 9.97 Å². The fraction of sp³-hybridized carbons (Fsp3) is 0.522. The third-order valence-corrected chi connectivity index (χ3v) is 5.51. The molecule has 8 heteroatoms. The summed E-state index contributed by atoms with van der Waals surface area (Å²) in [5.41, 5.74) is 1.69. The van der Waals surface area contributed by atoms with Gasteiger partial charge in [-0.3, -0.25) is 4.79 Å². The fourth-order valence-electron chi connectivity index (χ4n) is 3.78. The van der Waals surface area contributed by atoms with Gasteiger partial charge in [-0.05, 0) is 57.4 Å². The zero-order valence-electron chi connectivity index (χ0n) is 18.3. The van der Waals surface area contributed by atoms with Crippen LogP contribution in [0.4, 0.5) is 11.6 Å². The maximum absolute atomic E-state index is 12.4. The van der Waals surface area contributed by atoms with Crippen LogP contribution in [0.5, 0.6) is 11.5 Å². The average Bonchev–Trinajstić information content (AvgIpc) is 2.73. The summed E-state index contributed by atoms with van der Waals surface area (Å²) in [6, 6.07) is 5.62. The Morgan fingerprint density at radius 1 is 1.19 bits per heavy atom. The lowest BCUT2D eigenvalue weighted by Gasteiger charge is -2.35. The number of nitrogens with one attached hydrogen (secondary N) is 1. The second-order valence-corrected chi connectivity index (χ2v) is 8.36. The van der Waals surface area contributed by atoms with Gasteiger partial charge >= 0.3 is 0 Å². The van der Waals surface area contributed by atoms with E-state index in [0.29, 0.717) is 30.7 Å².